The predicted octanol–water partition coefficient (Wildman–Crippen LogP) is 3.70. The van der Waals surface area contributed by atoms with E-state index in [9.17, 15) is 8.42 Å². The van der Waals surface area contributed by atoms with Crippen molar-refractivity contribution in [2.75, 3.05) is 28.0 Å². The summed E-state index contributed by atoms with van der Waals surface area (Å²) in [6.45, 7) is 12.2. The minimum absolute atomic E-state index is 0.00569. The molecule has 2 heterocycles. The zero-order valence-corrected chi connectivity index (χ0v) is 19.4. The van der Waals surface area contributed by atoms with Gasteiger partial charge < -0.3 is 14.8 Å². The molecule has 0 unspecified atom stereocenters. The molecule has 31 heavy (non-hydrogen) atoms. The summed E-state index contributed by atoms with van der Waals surface area (Å²) < 4.78 is 29.6. The van der Waals surface area contributed by atoms with E-state index in [0.717, 1.165) is 30.3 Å². The van der Waals surface area contributed by atoms with Crippen molar-refractivity contribution in [1.29, 1.82) is 0 Å². The molecule has 0 aliphatic rings. The van der Waals surface area contributed by atoms with Crippen LogP contribution in [0.3, 0.4) is 0 Å². The van der Waals surface area contributed by atoms with E-state index in [1.807, 2.05) is 19.9 Å². The fourth-order valence-corrected chi connectivity index (χ4v) is 4.27. The van der Waals surface area contributed by atoms with Gasteiger partial charge in [-0.15, -0.1) is 0 Å². The monoisotopic (exact) mass is 443 g/mol. The van der Waals surface area contributed by atoms with Gasteiger partial charge in [0.1, 0.15) is 11.6 Å². The van der Waals surface area contributed by atoms with Gasteiger partial charge >= 0.3 is 0 Å². The van der Waals surface area contributed by atoms with Crippen molar-refractivity contribution >= 4 is 33.2 Å². The first-order chi connectivity index (χ1) is 14.7. The van der Waals surface area contributed by atoms with Crippen molar-refractivity contribution in [3.05, 3.63) is 48.0 Å². The zero-order valence-electron chi connectivity index (χ0n) is 18.5. The first kappa shape index (κ1) is 22.5. The van der Waals surface area contributed by atoms with Crippen LogP contribution in [-0.2, 0) is 16.6 Å². The molecule has 3 rings (SSSR count). The summed E-state index contributed by atoms with van der Waals surface area (Å²) in [5.41, 5.74) is 2.07. The van der Waals surface area contributed by atoms with E-state index in [0.29, 0.717) is 24.0 Å². The Morgan fingerprint density at radius 2 is 1.61 bits per heavy atom. The molecule has 9 nitrogen and oxygen atoms in total. The molecular weight excluding hydrogens is 414 g/mol. The fraction of sp³-hybridized carbons (Fsp3) is 0.381. The third kappa shape index (κ3) is 5.32. The van der Waals surface area contributed by atoms with Crippen LogP contribution >= 0.6 is 0 Å². The number of anilines is 4. The molecule has 0 saturated carbocycles. The van der Waals surface area contributed by atoms with Crippen molar-refractivity contribution in [2.24, 2.45) is 0 Å². The Bertz CT molecular complexity index is 1140. The van der Waals surface area contributed by atoms with Crippen molar-refractivity contribution in [2.45, 2.75) is 46.2 Å². The Morgan fingerprint density at radius 3 is 2.19 bits per heavy atom. The quantitative estimate of drug-likeness (QED) is 0.519. The van der Waals surface area contributed by atoms with E-state index in [1.165, 1.54) is 6.20 Å². The van der Waals surface area contributed by atoms with E-state index >= 15 is 0 Å². The summed E-state index contributed by atoms with van der Waals surface area (Å²) in [6, 6.07) is 8.87. The minimum Gasteiger partial charge on any atom is -0.357 e. The standard InChI is InChI=1S/C21H29N7O2S/c1-6-27(7-2)19-13-15(4)22-21(25-19)24-17-9-11-18(12-10-17)26-31(29,30)20-14-28(8-3)16(5)23-20/h9-14,26H,6-8H2,1-5H3,(H,22,24,25). The number of benzene rings is 1. The molecule has 0 aliphatic carbocycles. The van der Waals surface area contributed by atoms with Gasteiger partial charge in [0.25, 0.3) is 10.0 Å². The Labute approximate surface area is 183 Å². The number of aryl methyl sites for hydroxylation is 3. The van der Waals surface area contributed by atoms with Gasteiger partial charge in [-0.3, -0.25) is 4.72 Å². The minimum atomic E-state index is -3.76. The van der Waals surface area contributed by atoms with Crippen LogP contribution in [0.25, 0.3) is 0 Å². The molecule has 2 N–H and O–H groups in total. The lowest BCUT2D eigenvalue weighted by Crippen LogP contribution is -2.23. The van der Waals surface area contributed by atoms with Gasteiger partial charge in [-0.25, -0.2) is 9.97 Å². The Morgan fingerprint density at radius 1 is 0.968 bits per heavy atom. The normalized spacial score (nSPS) is 11.4. The molecule has 3 aromatic rings. The van der Waals surface area contributed by atoms with Gasteiger partial charge in [-0.05, 0) is 58.9 Å². The smallest absolute Gasteiger partial charge is 0.280 e. The van der Waals surface area contributed by atoms with Crippen LogP contribution < -0.4 is 14.9 Å². The highest BCUT2D eigenvalue weighted by atomic mass is 32.2. The van der Waals surface area contributed by atoms with Crippen LogP contribution in [0.15, 0.2) is 41.6 Å². The Kier molecular flexibility index (Phi) is 6.79. The number of hydrogen-bond donors (Lipinski definition) is 2. The van der Waals surface area contributed by atoms with E-state index in [-0.39, 0.29) is 5.03 Å². The molecule has 0 saturated heterocycles. The summed E-state index contributed by atoms with van der Waals surface area (Å²) >= 11 is 0. The topological polar surface area (TPSA) is 105 Å². The number of imidazole rings is 1. The molecule has 0 spiro atoms. The van der Waals surface area contributed by atoms with Crippen LogP contribution in [0.5, 0.6) is 0 Å². The van der Waals surface area contributed by atoms with Crippen LogP contribution in [0.4, 0.5) is 23.1 Å². The number of rotatable bonds is 9. The summed E-state index contributed by atoms with van der Waals surface area (Å²) in [5.74, 6) is 2.02. The third-order valence-electron chi connectivity index (χ3n) is 4.89. The molecular formula is C21H29N7O2S. The molecule has 0 aliphatic heterocycles. The van der Waals surface area contributed by atoms with Gasteiger partial charge in [-0.1, -0.05) is 0 Å². The Hall–Kier alpha value is -3.14. The summed E-state index contributed by atoms with van der Waals surface area (Å²) in [4.78, 5) is 15.3. The summed E-state index contributed by atoms with van der Waals surface area (Å²) in [6.07, 6.45) is 1.54. The molecule has 1 aromatic carbocycles. The summed E-state index contributed by atoms with van der Waals surface area (Å²) in [5, 5.41) is 3.19. The largest absolute Gasteiger partial charge is 0.357 e. The average Bonchev–Trinajstić information content (AvgIpc) is 3.12. The highest BCUT2D eigenvalue weighted by Gasteiger charge is 2.19. The van der Waals surface area contributed by atoms with Gasteiger partial charge in [0.05, 0.1) is 0 Å². The lowest BCUT2D eigenvalue weighted by molar-refractivity contribution is 0.598. The van der Waals surface area contributed by atoms with Crippen molar-refractivity contribution in [1.82, 2.24) is 19.5 Å². The van der Waals surface area contributed by atoms with Crippen LogP contribution in [-0.4, -0.2) is 41.0 Å². The molecule has 0 atom stereocenters. The van der Waals surface area contributed by atoms with Crippen LogP contribution in [0.2, 0.25) is 0 Å². The van der Waals surface area contributed by atoms with E-state index < -0.39 is 10.0 Å². The highest BCUT2D eigenvalue weighted by molar-refractivity contribution is 7.92. The second-order valence-electron chi connectivity index (χ2n) is 7.08. The van der Waals surface area contributed by atoms with E-state index in [1.54, 1.807) is 35.8 Å². The molecule has 166 valence electrons. The summed E-state index contributed by atoms with van der Waals surface area (Å²) in [7, 11) is -3.76. The number of nitrogens with one attached hydrogen (secondary N) is 2. The lowest BCUT2D eigenvalue weighted by atomic mass is 10.3. The second kappa shape index (κ2) is 9.34. The van der Waals surface area contributed by atoms with Gasteiger partial charge in [0.15, 0.2) is 5.03 Å². The van der Waals surface area contributed by atoms with Crippen molar-refractivity contribution in [3.8, 4) is 0 Å². The second-order valence-corrected chi connectivity index (χ2v) is 8.71. The van der Waals surface area contributed by atoms with Gasteiger partial charge in [0, 0.05) is 49.0 Å². The number of nitrogens with zero attached hydrogens (tertiary/aromatic N) is 5. The maximum Gasteiger partial charge on any atom is 0.280 e. The maximum atomic E-state index is 12.6. The predicted molar refractivity (Wildman–Crippen MR) is 124 cm³/mol. The fourth-order valence-electron chi connectivity index (χ4n) is 3.20. The number of sulfonamides is 1. The zero-order chi connectivity index (χ0) is 22.6. The number of aromatic nitrogens is 4. The van der Waals surface area contributed by atoms with Crippen LogP contribution in [0.1, 0.15) is 32.3 Å². The molecule has 0 radical (unpaired) electrons. The molecule has 0 fully saturated rings. The van der Waals surface area contributed by atoms with E-state index in [2.05, 4.69) is 43.7 Å². The molecule has 0 bridgehead atoms. The van der Waals surface area contributed by atoms with Crippen LogP contribution in [0, 0.1) is 13.8 Å². The maximum absolute atomic E-state index is 12.6. The average molecular weight is 444 g/mol. The Balaban J connectivity index is 1.75. The van der Waals surface area contributed by atoms with E-state index in [4.69, 9.17) is 0 Å². The van der Waals surface area contributed by atoms with Gasteiger partial charge in [0.2, 0.25) is 5.95 Å². The van der Waals surface area contributed by atoms with Crippen molar-refractivity contribution < 1.29 is 8.42 Å². The molecule has 10 heteroatoms. The lowest BCUT2D eigenvalue weighted by Gasteiger charge is -2.20. The molecule has 0 amide bonds. The van der Waals surface area contributed by atoms with Gasteiger partial charge in [-0.2, -0.15) is 13.4 Å². The highest BCUT2D eigenvalue weighted by Crippen LogP contribution is 2.21. The third-order valence-corrected chi connectivity index (χ3v) is 6.14. The molecule has 2 aromatic heterocycles. The SMILES string of the molecule is CCN(CC)c1cc(C)nc(Nc2ccc(NS(=O)(=O)c3cn(CC)c(C)n3)cc2)n1. The first-order valence-electron chi connectivity index (χ1n) is 10.3. The van der Waals surface area contributed by atoms with Crippen molar-refractivity contribution in [3.63, 3.8) is 0 Å². The first-order valence-corrected chi connectivity index (χ1v) is 11.8. The number of hydrogen-bond acceptors (Lipinski definition) is 7.